The van der Waals surface area contributed by atoms with Gasteiger partial charge in [-0.1, -0.05) is 12.1 Å². The fraction of sp³-hybridized carbons (Fsp3) is 0.368. The van der Waals surface area contributed by atoms with Gasteiger partial charge in [0.15, 0.2) is 0 Å². The largest absolute Gasteiger partial charge is 0.487 e. The highest BCUT2D eigenvalue weighted by Crippen LogP contribution is 2.20. The summed E-state index contributed by atoms with van der Waals surface area (Å²) in [5, 5.41) is 2.85. The normalized spacial score (nSPS) is 17.2. The highest BCUT2D eigenvalue weighted by Gasteiger charge is 2.25. The van der Waals surface area contributed by atoms with Gasteiger partial charge in [0.25, 0.3) is 0 Å². The summed E-state index contributed by atoms with van der Waals surface area (Å²) in [5.41, 5.74) is 1.43. The highest BCUT2D eigenvalue weighted by atomic mass is 32.2. The number of carbonyl (C=O) groups excluding carboxylic acids is 1. The number of rotatable bonds is 6. The Morgan fingerprint density at radius 2 is 2.14 bits per heavy atom. The van der Waals surface area contributed by atoms with E-state index in [9.17, 15) is 13.2 Å². The van der Waals surface area contributed by atoms with Crippen LogP contribution in [0.4, 0.5) is 10.5 Å². The summed E-state index contributed by atoms with van der Waals surface area (Å²) in [4.78, 5) is 18.4. The van der Waals surface area contributed by atoms with E-state index < -0.39 is 10.0 Å². The van der Waals surface area contributed by atoms with E-state index in [1.807, 2.05) is 24.3 Å². The second-order valence-corrected chi connectivity index (χ2v) is 8.52. The van der Waals surface area contributed by atoms with Gasteiger partial charge in [0.2, 0.25) is 10.0 Å². The third kappa shape index (κ3) is 6.21. The third-order valence-electron chi connectivity index (χ3n) is 4.29. The number of amides is 2. The van der Waals surface area contributed by atoms with E-state index in [0.717, 1.165) is 18.4 Å². The summed E-state index contributed by atoms with van der Waals surface area (Å²) < 4.78 is 31.1. The summed E-state index contributed by atoms with van der Waals surface area (Å²) >= 11 is 0. The average Bonchev–Trinajstić information content (AvgIpc) is 2.66. The summed E-state index contributed by atoms with van der Waals surface area (Å²) in [6, 6.07) is 12.2. The van der Waals surface area contributed by atoms with Crippen LogP contribution in [-0.4, -0.2) is 49.7 Å². The summed E-state index contributed by atoms with van der Waals surface area (Å²) in [5.74, 6) is 0.624. The molecule has 1 aliphatic heterocycles. The maximum absolute atomic E-state index is 12.6. The average molecular weight is 404 g/mol. The van der Waals surface area contributed by atoms with Crippen LogP contribution in [0, 0.1) is 0 Å². The number of benzene rings is 1. The fourth-order valence-electron chi connectivity index (χ4n) is 3.07. The molecule has 9 heteroatoms. The van der Waals surface area contributed by atoms with E-state index in [-0.39, 0.29) is 12.1 Å². The Bertz CT molecular complexity index is 905. The molecule has 0 radical (unpaired) electrons. The van der Waals surface area contributed by atoms with Gasteiger partial charge in [0.05, 0.1) is 11.9 Å². The van der Waals surface area contributed by atoms with Gasteiger partial charge in [-0.05, 0) is 37.1 Å². The molecule has 2 aromatic rings. The van der Waals surface area contributed by atoms with Crippen molar-refractivity contribution in [3.8, 4) is 5.75 Å². The second kappa shape index (κ2) is 9.03. The number of likely N-dealkylation sites (tertiary alicyclic amines) is 1. The van der Waals surface area contributed by atoms with Gasteiger partial charge in [-0.3, -0.25) is 4.98 Å². The van der Waals surface area contributed by atoms with Crippen LogP contribution in [0.25, 0.3) is 0 Å². The molecule has 3 rings (SSSR count). The lowest BCUT2D eigenvalue weighted by atomic mass is 10.1. The first-order chi connectivity index (χ1) is 13.4. The van der Waals surface area contributed by atoms with E-state index in [1.54, 1.807) is 29.3 Å². The van der Waals surface area contributed by atoms with Crippen LogP contribution < -0.4 is 14.8 Å². The number of sulfonamides is 1. The van der Waals surface area contributed by atoms with Crippen LogP contribution in [0.2, 0.25) is 0 Å². The van der Waals surface area contributed by atoms with Crippen molar-refractivity contribution in [2.45, 2.75) is 25.5 Å². The lowest BCUT2D eigenvalue weighted by Gasteiger charge is -2.32. The minimum atomic E-state index is -3.30. The number of hydrogen-bond acceptors (Lipinski definition) is 5. The smallest absolute Gasteiger partial charge is 0.321 e. The van der Waals surface area contributed by atoms with Crippen LogP contribution in [-0.2, 0) is 16.6 Å². The third-order valence-corrected chi connectivity index (χ3v) is 5.05. The van der Waals surface area contributed by atoms with Gasteiger partial charge < -0.3 is 15.0 Å². The number of pyridine rings is 1. The lowest BCUT2D eigenvalue weighted by molar-refractivity contribution is 0.190. The molecule has 0 aliphatic carbocycles. The maximum Gasteiger partial charge on any atom is 0.321 e. The predicted octanol–water partition coefficient (Wildman–Crippen LogP) is 2.21. The molecular weight excluding hydrogens is 380 g/mol. The van der Waals surface area contributed by atoms with E-state index in [0.29, 0.717) is 37.6 Å². The van der Waals surface area contributed by atoms with Crippen molar-refractivity contribution in [2.75, 3.05) is 24.7 Å². The van der Waals surface area contributed by atoms with Crippen molar-refractivity contribution >= 4 is 21.7 Å². The minimum Gasteiger partial charge on any atom is -0.487 e. The Balaban J connectivity index is 1.56. The molecule has 150 valence electrons. The van der Waals surface area contributed by atoms with Crippen molar-refractivity contribution in [3.05, 3.63) is 54.4 Å². The number of nitrogens with one attached hydrogen (secondary N) is 2. The Morgan fingerprint density at radius 1 is 1.29 bits per heavy atom. The van der Waals surface area contributed by atoms with Gasteiger partial charge in [-0.2, -0.15) is 0 Å². The molecule has 2 heterocycles. The zero-order valence-corrected chi connectivity index (χ0v) is 16.5. The molecule has 0 spiro atoms. The predicted molar refractivity (Wildman–Crippen MR) is 107 cm³/mol. The summed E-state index contributed by atoms with van der Waals surface area (Å²) in [6.07, 6.45) is 4.30. The van der Waals surface area contributed by atoms with E-state index in [1.165, 1.54) is 0 Å². The zero-order valence-electron chi connectivity index (χ0n) is 15.7. The van der Waals surface area contributed by atoms with Gasteiger partial charge >= 0.3 is 6.03 Å². The fourth-order valence-corrected chi connectivity index (χ4v) is 3.87. The lowest BCUT2D eigenvalue weighted by Crippen LogP contribution is -2.50. The molecule has 0 bridgehead atoms. The maximum atomic E-state index is 12.6. The number of piperidine rings is 1. The van der Waals surface area contributed by atoms with Gasteiger partial charge in [-0.15, -0.1) is 0 Å². The Hall–Kier alpha value is -2.65. The zero-order chi connectivity index (χ0) is 20.0. The van der Waals surface area contributed by atoms with Crippen molar-refractivity contribution in [2.24, 2.45) is 0 Å². The van der Waals surface area contributed by atoms with Gasteiger partial charge in [0, 0.05) is 37.1 Å². The van der Waals surface area contributed by atoms with E-state index in [4.69, 9.17) is 4.74 Å². The number of aromatic nitrogens is 1. The first-order valence-electron chi connectivity index (χ1n) is 9.05. The van der Waals surface area contributed by atoms with Gasteiger partial charge in [0.1, 0.15) is 12.4 Å². The van der Waals surface area contributed by atoms with E-state index >= 15 is 0 Å². The molecule has 1 atom stereocenters. The molecule has 28 heavy (non-hydrogen) atoms. The molecule has 1 aromatic heterocycles. The molecule has 0 saturated carbocycles. The van der Waals surface area contributed by atoms with Crippen LogP contribution >= 0.6 is 0 Å². The molecule has 1 fully saturated rings. The first-order valence-corrected chi connectivity index (χ1v) is 10.9. The number of hydrogen-bond donors (Lipinski definition) is 2. The first kappa shape index (κ1) is 20.1. The Kier molecular flexibility index (Phi) is 6.48. The molecular formula is C19H24N4O4S. The van der Waals surface area contributed by atoms with Crippen molar-refractivity contribution in [1.82, 2.24) is 14.6 Å². The van der Waals surface area contributed by atoms with Crippen molar-refractivity contribution in [3.63, 3.8) is 0 Å². The summed E-state index contributed by atoms with van der Waals surface area (Å²) in [6.45, 7) is 1.27. The van der Waals surface area contributed by atoms with Crippen LogP contribution in [0.3, 0.4) is 0 Å². The Labute approximate surface area is 165 Å². The molecule has 1 unspecified atom stereocenters. The molecule has 2 N–H and O–H groups in total. The molecule has 2 amide bonds. The number of anilines is 1. The number of urea groups is 1. The van der Waals surface area contributed by atoms with Crippen LogP contribution in [0.15, 0.2) is 48.7 Å². The SMILES string of the molecule is CS(=O)(=O)NC1CCCN(C(=O)Nc2cccc(OCc3ccccn3)c2)C1. The van der Waals surface area contributed by atoms with Crippen LogP contribution in [0.1, 0.15) is 18.5 Å². The van der Waals surface area contributed by atoms with Crippen LogP contribution in [0.5, 0.6) is 5.75 Å². The topological polar surface area (TPSA) is 101 Å². The highest BCUT2D eigenvalue weighted by molar-refractivity contribution is 7.88. The second-order valence-electron chi connectivity index (χ2n) is 6.74. The standard InChI is InChI=1S/C19H24N4O4S/c1-28(25,26)22-16-8-5-11-23(13-16)19(24)21-15-7-4-9-18(12-15)27-14-17-6-2-3-10-20-17/h2-4,6-7,9-10,12,16,22H,5,8,11,13-14H2,1H3,(H,21,24). The molecule has 1 aromatic carbocycles. The van der Waals surface area contributed by atoms with E-state index in [2.05, 4.69) is 15.0 Å². The Morgan fingerprint density at radius 3 is 2.89 bits per heavy atom. The monoisotopic (exact) mass is 404 g/mol. The molecule has 1 saturated heterocycles. The van der Waals surface area contributed by atoms with Gasteiger partial charge in [-0.25, -0.2) is 17.9 Å². The quantitative estimate of drug-likeness (QED) is 0.769. The molecule has 1 aliphatic rings. The number of ether oxygens (including phenoxy) is 1. The number of nitrogens with zero attached hydrogens (tertiary/aromatic N) is 2. The molecule has 8 nitrogen and oxygen atoms in total. The van der Waals surface area contributed by atoms with Crippen molar-refractivity contribution in [1.29, 1.82) is 0 Å². The summed E-state index contributed by atoms with van der Waals surface area (Å²) in [7, 11) is -3.30. The number of carbonyl (C=O) groups is 1. The minimum absolute atomic E-state index is 0.262. The van der Waals surface area contributed by atoms with Crippen molar-refractivity contribution < 1.29 is 17.9 Å².